The molecule has 0 aliphatic carbocycles. The minimum absolute atomic E-state index is 0.312. The Morgan fingerprint density at radius 1 is 1.50 bits per heavy atom. The topological polar surface area (TPSA) is 32.3 Å². The van der Waals surface area contributed by atoms with Crippen LogP contribution in [0.25, 0.3) is 0 Å². The van der Waals surface area contributed by atoms with Crippen LogP contribution in [0.1, 0.15) is 13.3 Å². The summed E-state index contributed by atoms with van der Waals surface area (Å²) >= 11 is 9.22. The van der Waals surface area contributed by atoms with Crippen LogP contribution in [-0.2, 0) is 0 Å². The Morgan fingerprint density at radius 2 is 2.21 bits per heavy atom. The lowest BCUT2D eigenvalue weighted by Gasteiger charge is -2.11. The van der Waals surface area contributed by atoms with Gasteiger partial charge in [0.2, 0.25) is 0 Å². The number of anilines is 1. The zero-order valence-electron chi connectivity index (χ0n) is 7.93. The normalized spacial score (nSPS) is 12.6. The highest BCUT2D eigenvalue weighted by atomic mass is 79.9. The third-order valence-electron chi connectivity index (χ3n) is 1.88. The number of halogens is 2. The number of nitrogens with one attached hydrogen (secondary N) is 1. The molecule has 0 bridgehead atoms. The summed E-state index contributed by atoms with van der Waals surface area (Å²) in [6, 6.07) is 5.58. The molecule has 78 valence electrons. The Hall–Kier alpha value is -0.250. The number of hydrogen-bond acceptors (Lipinski definition) is 2. The van der Waals surface area contributed by atoms with Gasteiger partial charge in [0.05, 0.1) is 6.10 Å². The molecule has 0 amide bonds. The predicted molar refractivity (Wildman–Crippen MR) is 63.9 cm³/mol. The molecule has 0 aromatic heterocycles. The Labute approximate surface area is 97.4 Å². The van der Waals surface area contributed by atoms with Crippen molar-refractivity contribution in [3.05, 3.63) is 27.7 Å². The van der Waals surface area contributed by atoms with Gasteiger partial charge in [0.15, 0.2) is 0 Å². The smallest absolute Gasteiger partial charge is 0.0709 e. The van der Waals surface area contributed by atoms with Crippen molar-refractivity contribution in [3.8, 4) is 0 Å². The van der Waals surface area contributed by atoms with E-state index in [0.717, 1.165) is 16.6 Å². The van der Waals surface area contributed by atoms with Crippen LogP contribution >= 0.6 is 27.5 Å². The number of hydrogen-bond donors (Lipinski definition) is 2. The molecule has 4 heteroatoms. The zero-order chi connectivity index (χ0) is 10.6. The lowest BCUT2D eigenvalue weighted by molar-refractivity contribution is 0.183. The maximum atomic E-state index is 9.35. The SMILES string of the molecule is CC[C@H](O)CNc1cc(Cl)cc(Br)c1. The summed E-state index contributed by atoms with van der Waals surface area (Å²) in [5.41, 5.74) is 0.914. The lowest BCUT2D eigenvalue weighted by atomic mass is 10.2. The molecule has 0 unspecified atom stereocenters. The molecule has 0 radical (unpaired) electrons. The van der Waals surface area contributed by atoms with Crippen LogP contribution in [0.15, 0.2) is 22.7 Å². The summed E-state index contributed by atoms with van der Waals surface area (Å²) in [6.07, 6.45) is 0.433. The van der Waals surface area contributed by atoms with Crippen molar-refractivity contribution in [1.29, 1.82) is 0 Å². The summed E-state index contributed by atoms with van der Waals surface area (Å²) in [5, 5.41) is 13.1. The number of aliphatic hydroxyl groups is 1. The molecule has 0 aliphatic rings. The van der Waals surface area contributed by atoms with Gasteiger partial charge in [-0.05, 0) is 24.6 Å². The van der Waals surface area contributed by atoms with Gasteiger partial charge >= 0.3 is 0 Å². The van der Waals surface area contributed by atoms with Crippen LogP contribution in [-0.4, -0.2) is 17.8 Å². The fraction of sp³-hybridized carbons (Fsp3) is 0.400. The van der Waals surface area contributed by atoms with E-state index in [0.29, 0.717) is 11.6 Å². The monoisotopic (exact) mass is 277 g/mol. The van der Waals surface area contributed by atoms with Crippen molar-refractivity contribution in [2.45, 2.75) is 19.4 Å². The molecule has 1 rings (SSSR count). The third kappa shape index (κ3) is 3.86. The van der Waals surface area contributed by atoms with Crippen LogP contribution in [0.3, 0.4) is 0 Å². The molecule has 0 saturated heterocycles. The van der Waals surface area contributed by atoms with E-state index in [2.05, 4.69) is 21.2 Å². The van der Waals surface area contributed by atoms with E-state index < -0.39 is 0 Å². The Bertz CT molecular complexity index is 286. The van der Waals surface area contributed by atoms with E-state index in [9.17, 15) is 5.11 Å². The van der Waals surface area contributed by atoms with Gasteiger partial charge in [-0.15, -0.1) is 0 Å². The van der Waals surface area contributed by atoms with Crippen LogP contribution in [0.5, 0.6) is 0 Å². The van der Waals surface area contributed by atoms with Gasteiger partial charge < -0.3 is 10.4 Å². The minimum Gasteiger partial charge on any atom is -0.391 e. The van der Waals surface area contributed by atoms with E-state index in [-0.39, 0.29) is 6.10 Å². The molecule has 0 heterocycles. The van der Waals surface area contributed by atoms with Gasteiger partial charge in [0, 0.05) is 21.7 Å². The van der Waals surface area contributed by atoms with E-state index in [1.54, 1.807) is 0 Å². The van der Waals surface area contributed by atoms with Crippen LogP contribution in [0.2, 0.25) is 5.02 Å². The highest BCUT2D eigenvalue weighted by Gasteiger charge is 2.01. The molecule has 0 spiro atoms. The van der Waals surface area contributed by atoms with Crippen molar-refractivity contribution in [2.75, 3.05) is 11.9 Å². The third-order valence-corrected chi connectivity index (χ3v) is 2.55. The van der Waals surface area contributed by atoms with Crippen LogP contribution in [0, 0.1) is 0 Å². The summed E-state index contributed by atoms with van der Waals surface area (Å²) in [5.74, 6) is 0. The van der Waals surface area contributed by atoms with E-state index >= 15 is 0 Å². The highest BCUT2D eigenvalue weighted by molar-refractivity contribution is 9.10. The van der Waals surface area contributed by atoms with Gasteiger partial charge in [-0.1, -0.05) is 34.5 Å². The van der Waals surface area contributed by atoms with E-state index in [4.69, 9.17) is 11.6 Å². The maximum absolute atomic E-state index is 9.35. The average molecular weight is 279 g/mol. The van der Waals surface area contributed by atoms with Crippen molar-refractivity contribution in [3.63, 3.8) is 0 Å². The fourth-order valence-corrected chi connectivity index (χ4v) is 1.90. The predicted octanol–water partition coefficient (Wildman–Crippen LogP) is 3.29. The summed E-state index contributed by atoms with van der Waals surface area (Å²) in [7, 11) is 0. The van der Waals surface area contributed by atoms with Gasteiger partial charge in [-0.2, -0.15) is 0 Å². The summed E-state index contributed by atoms with van der Waals surface area (Å²) in [6.45, 7) is 2.49. The quantitative estimate of drug-likeness (QED) is 0.886. The lowest BCUT2D eigenvalue weighted by Crippen LogP contribution is -2.18. The van der Waals surface area contributed by atoms with Gasteiger partial charge in [-0.25, -0.2) is 0 Å². The van der Waals surface area contributed by atoms with Crippen molar-refractivity contribution < 1.29 is 5.11 Å². The van der Waals surface area contributed by atoms with Crippen LogP contribution in [0.4, 0.5) is 5.69 Å². The molecule has 0 aliphatic heterocycles. The maximum Gasteiger partial charge on any atom is 0.0709 e. The number of rotatable bonds is 4. The van der Waals surface area contributed by atoms with E-state index in [1.165, 1.54) is 0 Å². The minimum atomic E-state index is -0.312. The largest absolute Gasteiger partial charge is 0.391 e. The second-order valence-electron chi connectivity index (χ2n) is 3.10. The Balaban J connectivity index is 2.58. The molecular formula is C10H13BrClNO. The molecule has 0 saturated carbocycles. The first-order valence-corrected chi connectivity index (χ1v) is 5.67. The molecule has 1 atom stereocenters. The molecule has 1 aromatic rings. The first kappa shape index (κ1) is 11.8. The molecule has 2 nitrogen and oxygen atoms in total. The Kier molecular flexibility index (Phi) is 4.72. The molecule has 0 fully saturated rings. The van der Waals surface area contributed by atoms with Gasteiger partial charge in [0.1, 0.15) is 0 Å². The van der Waals surface area contributed by atoms with Gasteiger partial charge in [-0.3, -0.25) is 0 Å². The Morgan fingerprint density at radius 3 is 2.79 bits per heavy atom. The number of benzene rings is 1. The first-order chi connectivity index (χ1) is 6.61. The molecule has 1 aromatic carbocycles. The molecular weight excluding hydrogens is 265 g/mol. The van der Waals surface area contributed by atoms with Crippen molar-refractivity contribution in [2.24, 2.45) is 0 Å². The second-order valence-corrected chi connectivity index (χ2v) is 4.45. The summed E-state index contributed by atoms with van der Waals surface area (Å²) in [4.78, 5) is 0. The second kappa shape index (κ2) is 5.59. The standard InChI is InChI=1S/C10H13BrClNO/c1-2-10(14)6-13-9-4-7(11)3-8(12)5-9/h3-5,10,13-14H,2,6H2,1H3/t10-/m0/s1. The summed E-state index contributed by atoms with van der Waals surface area (Å²) < 4.78 is 0.929. The average Bonchev–Trinajstić information content (AvgIpc) is 2.12. The first-order valence-electron chi connectivity index (χ1n) is 4.50. The van der Waals surface area contributed by atoms with Crippen molar-refractivity contribution in [1.82, 2.24) is 0 Å². The zero-order valence-corrected chi connectivity index (χ0v) is 10.3. The van der Waals surface area contributed by atoms with Crippen LogP contribution < -0.4 is 5.32 Å². The highest BCUT2D eigenvalue weighted by Crippen LogP contribution is 2.22. The van der Waals surface area contributed by atoms with E-state index in [1.807, 2.05) is 25.1 Å². The molecule has 14 heavy (non-hydrogen) atoms. The fourth-order valence-electron chi connectivity index (χ4n) is 1.04. The molecule has 2 N–H and O–H groups in total. The van der Waals surface area contributed by atoms with Gasteiger partial charge in [0.25, 0.3) is 0 Å². The number of aliphatic hydroxyl groups excluding tert-OH is 1. The van der Waals surface area contributed by atoms with Crippen molar-refractivity contribution >= 4 is 33.2 Å².